The molecule has 0 saturated heterocycles. The first-order chi connectivity index (χ1) is 9.20. The van der Waals surface area contributed by atoms with Gasteiger partial charge >= 0.3 is 0 Å². The van der Waals surface area contributed by atoms with E-state index < -0.39 is 5.97 Å². The molecule has 0 N–H and O–H groups in total. The number of ketones is 1. The number of hydrogen-bond acceptors (Lipinski definition) is 4. The van der Waals surface area contributed by atoms with Crippen molar-refractivity contribution < 1.29 is 14.7 Å². The minimum absolute atomic E-state index is 0.176. The first kappa shape index (κ1) is 15.9. The van der Waals surface area contributed by atoms with E-state index in [1.54, 1.807) is 0 Å². The third-order valence-electron chi connectivity index (χ3n) is 3.08. The lowest BCUT2D eigenvalue weighted by atomic mass is 10.1. The molecule has 3 nitrogen and oxygen atoms in total. The van der Waals surface area contributed by atoms with E-state index in [1.807, 2.05) is 17.5 Å². The predicted molar refractivity (Wildman–Crippen MR) is 75.2 cm³/mol. The third-order valence-corrected chi connectivity index (χ3v) is 3.99. The summed E-state index contributed by atoms with van der Waals surface area (Å²) in [6.07, 6.45) is 7.87. The molecule has 4 heteroatoms. The van der Waals surface area contributed by atoms with Crippen molar-refractivity contribution in [2.45, 2.75) is 57.8 Å². The van der Waals surface area contributed by atoms with Crippen molar-refractivity contribution in [2.75, 3.05) is 0 Å². The second-order valence-corrected chi connectivity index (χ2v) is 5.70. The number of carbonyl (C=O) groups excluding carboxylic acids is 2. The van der Waals surface area contributed by atoms with Gasteiger partial charge in [-0.15, -0.1) is 11.3 Å². The van der Waals surface area contributed by atoms with Crippen LogP contribution in [-0.2, 0) is 4.79 Å². The molecular weight excluding hydrogens is 260 g/mol. The first-order valence-corrected chi connectivity index (χ1v) is 7.84. The van der Waals surface area contributed by atoms with E-state index in [4.69, 9.17) is 0 Å². The van der Waals surface area contributed by atoms with Crippen molar-refractivity contribution in [3.05, 3.63) is 22.4 Å². The molecule has 0 unspecified atom stereocenters. The zero-order valence-corrected chi connectivity index (χ0v) is 12.0. The molecule has 19 heavy (non-hydrogen) atoms. The van der Waals surface area contributed by atoms with Crippen LogP contribution in [0.4, 0.5) is 0 Å². The largest absolute Gasteiger partial charge is 0.550 e. The lowest BCUT2D eigenvalue weighted by Gasteiger charge is -2.03. The third kappa shape index (κ3) is 7.78. The average Bonchev–Trinajstić information content (AvgIpc) is 2.90. The van der Waals surface area contributed by atoms with E-state index in [0.29, 0.717) is 6.42 Å². The van der Waals surface area contributed by atoms with E-state index in [9.17, 15) is 14.7 Å². The first-order valence-electron chi connectivity index (χ1n) is 6.96. The molecule has 0 spiro atoms. The summed E-state index contributed by atoms with van der Waals surface area (Å²) < 4.78 is 0. The van der Waals surface area contributed by atoms with Crippen LogP contribution in [0.1, 0.15) is 67.5 Å². The molecule has 0 atom stereocenters. The van der Waals surface area contributed by atoms with Crippen molar-refractivity contribution >= 4 is 23.1 Å². The molecule has 0 aliphatic heterocycles. The molecule has 0 saturated carbocycles. The van der Waals surface area contributed by atoms with Gasteiger partial charge in [0.25, 0.3) is 0 Å². The van der Waals surface area contributed by atoms with Gasteiger partial charge in [0, 0.05) is 12.4 Å². The SMILES string of the molecule is O=C([O-])CCCCCCCCCC(=O)c1cccs1. The van der Waals surface area contributed by atoms with E-state index in [0.717, 1.165) is 49.8 Å². The molecule has 0 radical (unpaired) electrons. The molecule has 0 aliphatic carbocycles. The number of Topliss-reactive ketones (excluding diaryl/α,β-unsaturated/α-hetero) is 1. The van der Waals surface area contributed by atoms with Crippen LogP contribution in [0.3, 0.4) is 0 Å². The number of thiophene rings is 1. The molecule has 0 fully saturated rings. The Morgan fingerprint density at radius 1 is 0.947 bits per heavy atom. The van der Waals surface area contributed by atoms with Gasteiger partial charge in [-0.05, 0) is 30.7 Å². The number of unbranched alkanes of at least 4 members (excludes halogenated alkanes) is 6. The summed E-state index contributed by atoms with van der Waals surface area (Å²) in [5.74, 6) is -0.698. The van der Waals surface area contributed by atoms with Crippen molar-refractivity contribution in [1.29, 1.82) is 0 Å². The quantitative estimate of drug-likeness (QED) is 0.462. The maximum absolute atomic E-state index is 11.7. The van der Waals surface area contributed by atoms with E-state index in [1.165, 1.54) is 11.3 Å². The van der Waals surface area contributed by atoms with E-state index in [2.05, 4.69) is 0 Å². The lowest BCUT2D eigenvalue weighted by Crippen LogP contribution is -2.21. The van der Waals surface area contributed by atoms with Crippen LogP contribution in [0.25, 0.3) is 0 Å². The number of hydrogen-bond donors (Lipinski definition) is 0. The van der Waals surface area contributed by atoms with Gasteiger partial charge in [0.2, 0.25) is 0 Å². The smallest absolute Gasteiger partial charge is 0.172 e. The average molecular weight is 281 g/mol. The molecule has 1 aromatic heterocycles. The molecule has 0 aromatic carbocycles. The highest BCUT2D eigenvalue weighted by atomic mass is 32.1. The molecule has 0 bridgehead atoms. The maximum atomic E-state index is 11.7. The fraction of sp³-hybridized carbons (Fsp3) is 0.600. The van der Waals surface area contributed by atoms with Crippen molar-refractivity contribution in [1.82, 2.24) is 0 Å². The van der Waals surface area contributed by atoms with Crippen LogP contribution < -0.4 is 5.11 Å². The van der Waals surface area contributed by atoms with Crippen molar-refractivity contribution in [3.63, 3.8) is 0 Å². The summed E-state index contributed by atoms with van der Waals surface area (Å²) in [6, 6.07) is 3.79. The van der Waals surface area contributed by atoms with Crippen LogP contribution in [0.15, 0.2) is 17.5 Å². The topological polar surface area (TPSA) is 57.2 Å². The number of aliphatic carboxylic acids is 1. The summed E-state index contributed by atoms with van der Waals surface area (Å²) in [6.45, 7) is 0. The fourth-order valence-electron chi connectivity index (χ4n) is 2.00. The second kappa shape index (κ2) is 9.73. The summed E-state index contributed by atoms with van der Waals surface area (Å²) in [5, 5.41) is 12.1. The summed E-state index contributed by atoms with van der Waals surface area (Å²) in [5.41, 5.74) is 0. The van der Waals surface area contributed by atoms with Gasteiger partial charge in [-0.25, -0.2) is 0 Å². The Balaban J connectivity index is 1.89. The van der Waals surface area contributed by atoms with Gasteiger partial charge < -0.3 is 9.90 Å². The highest BCUT2D eigenvalue weighted by Crippen LogP contribution is 2.15. The van der Waals surface area contributed by atoms with E-state index >= 15 is 0 Å². The van der Waals surface area contributed by atoms with Crippen LogP contribution in [0.5, 0.6) is 0 Å². The van der Waals surface area contributed by atoms with Gasteiger partial charge in [-0.1, -0.05) is 38.2 Å². The molecular formula is C15H21O3S-. The lowest BCUT2D eigenvalue weighted by molar-refractivity contribution is -0.305. The number of rotatable bonds is 11. The van der Waals surface area contributed by atoms with Crippen molar-refractivity contribution in [3.8, 4) is 0 Å². The van der Waals surface area contributed by atoms with Crippen molar-refractivity contribution in [2.24, 2.45) is 0 Å². The molecule has 1 rings (SSSR count). The zero-order valence-electron chi connectivity index (χ0n) is 11.2. The minimum atomic E-state index is -0.952. The van der Waals surface area contributed by atoms with Crippen LogP contribution in [0.2, 0.25) is 0 Å². The standard InChI is InChI=1S/C15H22O3S/c16-13(14-10-8-12-19-14)9-6-4-2-1-3-5-7-11-15(17)18/h8,10,12H,1-7,9,11H2,(H,17,18)/p-1. The van der Waals surface area contributed by atoms with Crippen LogP contribution >= 0.6 is 11.3 Å². The fourth-order valence-corrected chi connectivity index (χ4v) is 2.69. The highest BCUT2D eigenvalue weighted by Gasteiger charge is 2.05. The van der Waals surface area contributed by atoms with Gasteiger partial charge in [0.15, 0.2) is 5.78 Å². The Morgan fingerprint density at radius 3 is 2.05 bits per heavy atom. The Kier molecular flexibility index (Phi) is 8.14. The maximum Gasteiger partial charge on any atom is 0.172 e. The van der Waals surface area contributed by atoms with Gasteiger partial charge in [0.1, 0.15) is 0 Å². The zero-order chi connectivity index (χ0) is 13.9. The monoisotopic (exact) mass is 281 g/mol. The van der Waals surface area contributed by atoms with Crippen LogP contribution in [0, 0.1) is 0 Å². The Hall–Kier alpha value is -1.16. The summed E-state index contributed by atoms with van der Waals surface area (Å²) >= 11 is 1.51. The van der Waals surface area contributed by atoms with Gasteiger partial charge in [-0.2, -0.15) is 0 Å². The summed E-state index contributed by atoms with van der Waals surface area (Å²) in [4.78, 5) is 22.7. The number of carbonyl (C=O) groups is 2. The summed E-state index contributed by atoms with van der Waals surface area (Å²) in [7, 11) is 0. The van der Waals surface area contributed by atoms with Crippen LogP contribution in [-0.4, -0.2) is 11.8 Å². The van der Waals surface area contributed by atoms with E-state index in [-0.39, 0.29) is 12.2 Å². The molecule has 0 aliphatic rings. The van der Waals surface area contributed by atoms with Gasteiger partial charge in [0.05, 0.1) is 4.88 Å². The minimum Gasteiger partial charge on any atom is -0.550 e. The normalized spacial score (nSPS) is 10.5. The Morgan fingerprint density at radius 2 is 1.53 bits per heavy atom. The number of carboxylic acid groups (broad SMARTS) is 1. The highest BCUT2D eigenvalue weighted by molar-refractivity contribution is 7.12. The Bertz CT molecular complexity index is 371. The molecule has 0 amide bonds. The number of carboxylic acids is 1. The van der Waals surface area contributed by atoms with Gasteiger partial charge in [-0.3, -0.25) is 4.79 Å². The molecule has 106 valence electrons. The molecule has 1 aromatic rings. The predicted octanol–water partition coefficient (Wildman–Crippen LogP) is 3.19. The molecule has 1 heterocycles. The second-order valence-electron chi connectivity index (χ2n) is 4.75. The Labute approximate surface area is 118 Å².